The number of rotatable bonds is 2. The first kappa shape index (κ1) is 13.7. The summed E-state index contributed by atoms with van der Waals surface area (Å²) < 4.78 is 0. The van der Waals surface area contributed by atoms with Crippen LogP contribution < -0.4 is 5.73 Å². The molecule has 3 nitrogen and oxygen atoms in total. The van der Waals surface area contributed by atoms with Crippen LogP contribution in [0.4, 0.5) is 5.69 Å². The van der Waals surface area contributed by atoms with Gasteiger partial charge in [-0.05, 0) is 49.1 Å². The fourth-order valence-corrected chi connectivity index (χ4v) is 3.13. The largest absolute Gasteiger partial charge is 0.399 e. The van der Waals surface area contributed by atoms with Crippen LogP contribution in [0.1, 0.15) is 40.4 Å². The predicted molar refractivity (Wildman–Crippen MR) is 85.0 cm³/mol. The van der Waals surface area contributed by atoms with Gasteiger partial charge in [0.25, 0.3) is 5.91 Å². The minimum atomic E-state index is 0.0803. The highest BCUT2D eigenvalue weighted by molar-refractivity contribution is 5.95. The summed E-state index contributed by atoms with van der Waals surface area (Å²) in [7, 11) is 0. The van der Waals surface area contributed by atoms with Crippen molar-refractivity contribution in [1.29, 1.82) is 0 Å². The number of aryl methyl sites for hydroxylation is 1. The van der Waals surface area contributed by atoms with E-state index in [1.807, 2.05) is 42.2 Å². The van der Waals surface area contributed by atoms with E-state index in [-0.39, 0.29) is 11.9 Å². The summed E-state index contributed by atoms with van der Waals surface area (Å²) in [4.78, 5) is 14.8. The van der Waals surface area contributed by atoms with Gasteiger partial charge in [0.05, 0.1) is 6.04 Å². The van der Waals surface area contributed by atoms with Gasteiger partial charge in [0.15, 0.2) is 0 Å². The molecular formula is C18H20N2O. The first-order valence-corrected chi connectivity index (χ1v) is 7.38. The smallest absolute Gasteiger partial charge is 0.254 e. The summed E-state index contributed by atoms with van der Waals surface area (Å²) in [6.07, 6.45) is 2.07. The van der Waals surface area contributed by atoms with Gasteiger partial charge in [-0.25, -0.2) is 0 Å². The molecule has 0 aromatic heterocycles. The second-order valence-corrected chi connectivity index (χ2v) is 5.70. The number of hydrogen-bond donors (Lipinski definition) is 1. The van der Waals surface area contributed by atoms with Crippen LogP contribution >= 0.6 is 0 Å². The molecule has 3 heteroatoms. The van der Waals surface area contributed by atoms with E-state index in [1.54, 1.807) is 6.07 Å². The van der Waals surface area contributed by atoms with Crippen molar-refractivity contribution in [3.05, 3.63) is 65.2 Å². The lowest BCUT2D eigenvalue weighted by molar-refractivity contribution is 0.0735. The van der Waals surface area contributed by atoms with E-state index in [2.05, 4.69) is 12.1 Å². The fraction of sp³-hybridized carbons (Fsp3) is 0.278. The minimum absolute atomic E-state index is 0.0803. The summed E-state index contributed by atoms with van der Waals surface area (Å²) in [5.74, 6) is 0.0803. The highest BCUT2D eigenvalue weighted by atomic mass is 16.2. The van der Waals surface area contributed by atoms with Gasteiger partial charge in [-0.2, -0.15) is 0 Å². The Morgan fingerprint density at radius 2 is 1.95 bits per heavy atom. The summed E-state index contributed by atoms with van der Waals surface area (Å²) >= 11 is 0. The van der Waals surface area contributed by atoms with E-state index in [1.165, 1.54) is 5.56 Å². The molecule has 1 aliphatic heterocycles. The van der Waals surface area contributed by atoms with Crippen molar-refractivity contribution in [1.82, 2.24) is 4.90 Å². The van der Waals surface area contributed by atoms with Crippen molar-refractivity contribution < 1.29 is 4.79 Å². The molecule has 21 heavy (non-hydrogen) atoms. The Morgan fingerprint density at radius 3 is 2.67 bits per heavy atom. The summed E-state index contributed by atoms with van der Waals surface area (Å²) in [5, 5.41) is 0. The third-order valence-electron chi connectivity index (χ3n) is 4.04. The van der Waals surface area contributed by atoms with Crippen molar-refractivity contribution in [2.24, 2.45) is 0 Å². The number of carbonyl (C=O) groups is 1. The van der Waals surface area contributed by atoms with Crippen LogP contribution in [0.3, 0.4) is 0 Å². The van der Waals surface area contributed by atoms with Crippen LogP contribution in [0.15, 0.2) is 48.5 Å². The van der Waals surface area contributed by atoms with Gasteiger partial charge in [0, 0.05) is 17.8 Å². The SMILES string of the molecule is Cc1cc(N)cc(C(=O)N2CCCC2c2ccccc2)c1. The maximum Gasteiger partial charge on any atom is 0.254 e. The first-order valence-electron chi connectivity index (χ1n) is 7.38. The predicted octanol–water partition coefficient (Wildman–Crippen LogP) is 3.55. The van der Waals surface area contributed by atoms with E-state index in [0.717, 1.165) is 24.9 Å². The lowest BCUT2D eigenvalue weighted by Crippen LogP contribution is -2.30. The summed E-state index contributed by atoms with van der Waals surface area (Å²) in [5.41, 5.74) is 9.44. The standard InChI is InChI=1S/C18H20N2O/c1-13-10-15(12-16(19)11-13)18(21)20-9-5-8-17(20)14-6-3-2-4-7-14/h2-4,6-7,10-12,17H,5,8-9,19H2,1H3. The first-order chi connectivity index (χ1) is 10.1. The third-order valence-corrected chi connectivity index (χ3v) is 4.04. The van der Waals surface area contributed by atoms with Crippen LogP contribution in [0.2, 0.25) is 0 Å². The molecule has 1 aliphatic rings. The molecule has 1 heterocycles. The minimum Gasteiger partial charge on any atom is -0.399 e. The lowest BCUT2D eigenvalue weighted by atomic mass is 10.0. The molecule has 108 valence electrons. The Morgan fingerprint density at radius 1 is 1.19 bits per heavy atom. The molecule has 0 saturated carbocycles. The Labute approximate surface area is 125 Å². The van der Waals surface area contributed by atoms with Gasteiger partial charge in [-0.1, -0.05) is 30.3 Å². The number of nitrogens with two attached hydrogens (primary N) is 1. The summed E-state index contributed by atoms with van der Waals surface area (Å²) in [6, 6.07) is 16.0. The number of carbonyl (C=O) groups excluding carboxylic acids is 1. The van der Waals surface area contributed by atoms with Gasteiger partial charge in [0.2, 0.25) is 0 Å². The molecule has 0 radical (unpaired) electrons. The number of benzene rings is 2. The van der Waals surface area contributed by atoms with Crippen LogP contribution in [-0.2, 0) is 0 Å². The van der Waals surface area contributed by atoms with Crippen molar-refractivity contribution in [2.75, 3.05) is 12.3 Å². The molecule has 1 saturated heterocycles. The van der Waals surface area contributed by atoms with Crippen LogP contribution in [0.5, 0.6) is 0 Å². The second-order valence-electron chi connectivity index (χ2n) is 5.70. The number of amides is 1. The molecule has 0 spiro atoms. The Kier molecular flexibility index (Phi) is 3.65. The number of nitrogens with zero attached hydrogens (tertiary/aromatic N) is 1. The number of nitrogen functional groups attached to an aromatic ring is 1. The zero-order valence-corrected chi connectivity index (χ0v) is 12.3. The Bertz CT molecular complexity index is 631. The molecule has 0 bridgehead atoms. The molecular weight excluding hydrogens is 260 g/mol. The van der Waals surface area contributed by atoms with E-state index in [9.17, 15) is 4.79 Å². The molecule has 1 fully saturated rings. The molecule has 2 aromatic rings. The van der Waals surface area contributed by atoms with Gasteiger partial charge in [0.1, 0.15) is 0 Å². The van der Waals surface area contributed by atoms with Crippen molar-refractivity contribution in [3.8, 4) is 0 Å². The van der Waals surface area contributed by atoms with Crippen molar-refractivity contribution in [3.63, 3.8) is 0 Å². The molecule has 0 aliphatic carbocycles. The van der Waals surface area contributed by atoms with Gasteiger partial charge < -0.3 is 10.6 Å². The third kappa shape index (κ3) is 2.77. The molecule has 2 aromatic carbocycles. The molecule has 2 N–H and O–H groups in total. The molecule has 1 amide bonds. The molecule has 1 unspecified atom stereocenters. The highest BCUT2D eigenvalue weighted by Crippen LogP contribution is 2.33. The maximum absolute atomic E-state index is 12.8. The van der Waals surface area contributed by atoms with Crippen LogP contribution in [-0.4, -0.2) is 17.4 Å². The lowest BCUT2D eigenvalue weighted by Gasteiger charge is -2.25. The average molecular weight is 280 g/mol. The normalized spacial score (nSPS) is 18.0. The molecule has 1 atom stereocenters. The van der Waals surface area contributed by atoms with E-state index < -0.39 is 0 Å². The van der Waals surface area contributed by atoms with Crippen LogP contribution in [0, 0.1) is 6.92 Å². The van der Waals surface area contributed by atoms with Crippen LogP contribution in [0.25, 0.3) is 0 Å². The number of anilines is 1. The average Bonchev–Trinajstić information content (AvgIpc) is 2.95. The summed E-state index contributed by atoms with van der Waals surface area (Å²) in [6.45, 7) is 2.78. The fourth-order valence-electron chi connectivity index (χ4n) is 3.13. The van der Waals surface area contributed by atoms with E-state index >= 15 is 0 Å². The number of hydrogen-bond acceptors (Lipinski definition) is 2. The zero-order chi connectivity index (χ0) is 14.8. The van der Waals surface area contributed by atoms with Crippen molar-refractivity contribution in [2.45, 2.75) is 25.8 Å². The van der Waals surface area contributed by atoms with Gasteiger partial charge in [-0.15, -0.1) is 0 Å². The topological polar surface area (TPSA) is 46.3 Å². The Balaban J connectivity index is 1.90. The maximum atomic E-state index is 12.8. The zero-order valence-electron chi connectivity index (χ0n) is 12.3. The second kappa shape index (κ2) is 5.60. The quantitative estimate of drug-likeness (QED) is 0.855. The number of likely N-dealkylation sites (tertiary alicyclic amines) is 1. The van der Waals surface area contributed by atoms with E-state index in [0.29, 0.717) is 11.3 Å². The monoisotopic (exact) mass is 280 g/mol. The van der Waals surface area contributed by atoms with Crippen molar-refractivity contribution >= 4 is 11.6 Å². The van der Waals surface area contributed by atoms with Gasteiger partial charge >= 0.3 is 0 Å². The van der Waals surface area contributed by atoms with Gasteiger partial charge in [-0.3, -0.25) is 4.79 Å². The molecule has 3 rings (SSSR count). The van der Waals surface area contributed by atoms with E-state index in [4.69, 9.17) is 5.73 Å². The Hall–Kier alpha value is -2.29. The highest BCUT2D eigenvalue weighted by Gasteiger charge is 2.30.